The van der Waals surface area contributed by atoms with Crippen molar-refractivity contribution in [3.8, 4) is 0 Å². The maximum atomic E-state index is 12.3. The molecule has 0 radical (unpaired) electrons. The van der Waals surface area contributed by atoms with Crippen LogP contribution in [0.5, 0.6) is 0 Å². The van der Waals surface area contributed by atoms with Crippen LogP contribution < -0.4 is 0 Å². The number of piperidine rings is 1. The number of carbonyl (C=O) groups excluding carboxylic acids is 1. The van der Waals surface area contributed by atoms with Gasteiger partial charge in [-0.25, -0.2) is 0 Å². The third kappa shape index (κ3) is 3.42. The maximum Gasteiger partial charge on any atom is 0.177 e. The summed E-state index contributed by atoms with van der Waals surface area (Å²) < 4.78 is 0.902. The van der Waals surface area contributed by atoms with Gasteiger partial charge in [-0.3, -0.25) is 9.69 Å². The van der Waals surface area contributed by atoms with Gasteiger partial charge in [0.05, 0.1) is 6.54 Å². The fourth-order valence-corrected chi connectivity index (χ4v) is 3.11. The van der Waals surface area contributed by atoms with E-state index in [1.54, 1.807) is 0 Å². The number of hydrogen-bond donors (Lipinski definition) is 0. The monoisotopic (exact) mass is 309 g/mol. The molecule has 1 heterocycles. The van der Waals surface area contributed by atoms with Crippen molar-refractivity contribution in [3.05, 3.63) is 34.3 Å². The summed E-state index contributed by atoms with van der Waals surface area (Å²) in [5, 5.41) is 0. The zero-order valence-corrected chi connectivity index (χ0v) is 12.4. The minimum absolute atomic E-state index is 0.222. The summed E-state index contributed by atoms with van der Waals surface area (Å²) in [6.45, 7) is 4.93. The van der Waals surface area contributed by atoms with Crippen LogP contribution in [0, 0.1) is 5.92 Å². The standard InChI is InChI=1S/C15H20BrNO/c1-2-12-6-5-9-17(10-12)11-15(18)13-7-3-4-8-14(13)16/h3-4,7-8,12H,2,5-6,9-11H2,1H3. The van der Waals surface area contributed by atoms with Crippen LogP contribution in [0.15, 0.2) is 28.7 Å². The van der Waals surface area contributed by atoms with Crippen molar-refractivity contribution in [2.24, 2.45) is 5.92 Å². The average molecular weight is 310 g/mol. The van der Waals surface area contributed by atoms with Crippen LogP contribution in [0.1, 0.15) is 36.5 Å². The first-order valence-electron chi connectivity index (χ1n) is 6.70. The van der Waals surface area contributed by atoms with E-state index >= 15 is 0 Å². The average Bonchev–Trinajstić information content (AvgIpc) is 2.39. The van der Waals surface area contributed by atoms with Crippen LogP contribution in [0.4, 0.5) is 0 Å². The number of rotatable bonds is 4. The van der Waals surface area contributed by atoms with E-state index in [0.29, 0.717) is 6.54 Å². The van der Waals surface area contributed by atoms with Crippen LogP contribution in [0.3, 0.4) is 0 Å². The fraction of sp³-hybridized carbons (Fsp3) is 0.533. The molecule has 0 aromatic heterocycles. The molecule has 1 aromatic carbocycles. The van der Waals surface area contributed by atoms with Crippen LogP contribution in [0.2, 0.25) is 0 Å². The SMILES string of the molecule is CCC1CCCN(CC(=O)c2ccccc2Br)C1. The van der Waals surface area contributed by atoms with E-state index in [2.05, 4.69) is 27.8 Å². The van der Waals surface area contributed by atoms with Gasteiger partial charge in [-0.1, -0.05) is 47.5 Å². The van der Waals surface area contributed by atoms with Crippen molar-refractivity contribution in [1.82, 2.24) is 4.90 Å². The van der Waals surface area contributed by atoms with Crippen molar-refractivity contribution < 1.29 is 4.79 Å². The molecule has 98 valence electrons. The number of nitrogens with zero attached hydrogens (tertiary/aromatic N) is 1. The number of carbonyl (C=O) groups is 1. The first-order valence-corrected chi connectivity index (χ1v) is 7.50. The fourth-order valence-electron chi connectivity index (χ4n) is 2.60. The summed E-state index contributed by atoms with van der Waals surface area (Å²) in [6, 6.07) is 7.68. The molecule has 1 fully saturated rings. The summed E-state index contributed by atoms with van der Waals surface area (Å²) >= 11 is 3.45. The van der Waals surface area contributed by atoms with Gasteiger partial charge in [0.25, 0.3) is 0 Å². The molecule has 3 heteroatoms. The number of ketones is 1. The van der Waals surface area contributed by atoms with Gasteiger partial charge in [-0.2, -0.15) is 0 Å². The van der Waals surface area contributed by atoms with Gasteiger partial charge in [-0.05, 0) is 31.4 Å². The van der Waals surface area contributed by atoms with Crippen molar-refractivity contribution in [1.29, 1.82) is 0 Å². The van der Waals surface area contributed by atoms with Gasteiger partial charge >= 0.3 is 0 Å². The first kappa shape index (κ1) is 13.8. The lowest BCUT2D eigenvalue weighted by molar-refractivity contribution is 0.0884. The van der Waals surface area contributed by atoms with Crippen LogP contribution >= 0.6 is 15.9 Å². The highest BCUT2D eigenvalue weighted by molar-refractivity contribution is 9.10. The Balaban J connectivity index is 1.97. The molecule has 2 rings (SSSR count). The van der Waals surface area contributed by atoms with Crippen LogP contribution in [-0.4, -0.2) is 30.3 Å². The Kier molecular flexibility index (Phi) is 4.95. The lowest BCUT2D eigenvalue weighted by Crippen LogP contribution is -2.38. The van der Waals surface area contributed by atoms with E-state index in [0.717, 1.165) is 29.0 Å². The highest BCUT2D eigenvalue weighted by atomic mass is 79.9. The Morgan fingerprint density at radius 3 is 2.94 bits per heavy atom. The molecule has 0 N–H and O–H groups in total. The number of halogens is 1. The highest BCUT2D eigenvalue weighted by Gasteiger charge is 2.21. The Bertz CT molecular complexity index is 419. The summed E-state index contributed by atoms with van der Waals surface area (Å²) in [6.07, 6.45) is 3.76. The summed E-state index contributed by atoms with van der Waals surface area (Å²) in [7, 11) is 0. The largest absolute Gasteiger partial charge is 0.296 e. The molecular weight excluding hydrogens is 290 g/mol. The minimum atomic E-state index is 0.222. The van der Waals surface area contributed by atoms with E-state index in [9.17, 15) is 4.79 Å². The zero-order chi connectivity index (χ0) is 13.0. The lowest BCUT2D eigenvalue weighted by atomic mass is 9.95. The number of likely N-dealkylation sites (tertiary alicyclic amines) is 1. The van der Waals surface area contributed by atoms with Crippen LogP contribution in [-0.2, 0) is 0 Å². The van der Waals surface area contributed by atoms with Crippen molar-refractivity contribution >= 4 is 21.7 Å². The summed E-state index contributed by atoms with van der Waals surface area (Å²) in [4.78, 5) is 14.6. The van der Waals surface area contributed by atoms with Gasteiger partial charge in [0.15, 0.2) is 5.78 Å². The Labute approximate surface area is 117 Å². The van der Waals surface area contributed by atoms with Gasteiger partial charge in [-0.15, -0.1) is 0 Å². The summed E-state index contributed by atoms with van der Waals surface area (Å²) in [5.74, 6) is 0.991. The third-order valence-electron chi connectivity index (χ3n) is 3.72. The molecule has 1 atom stereocenters. The van der Waals surface area contributed by atoms with Crippen molar-refractivity contribution in [2.75, 3.05) is 19.6 Å². The molecular formula is C15H20BrNO. The molecule has 1 unspecified atom stereocenters. The molecule has 0 aliphatic carbocycles. The molecule has 1 saturated heterocycles. The molecule has 0 bridgehead atoms. The minimum Gasteiger partial charge on any atom is -0.296 e. The van der Waals surface area contributed by atoms with Crippen molar-refractivity contribution in [2.45, 2.75) is 26.2 Å². The second-order valence-corrected chi connectivity index (χ2v) is 5.91. The second kappa shape index (κ2) is 6.48. The van der Waals surface area contributed by atoms with Crippen LogP contribution in [0.25, 0.3) is 0 Å². The predicted octanol–water partition coefficient (Wildman–Crippen LogP) is 3.75. The first-order chi connectivity index (χ1) is 8.70. The summed E-state index contributed by atoms with van der Waals surface area (Å²) in [5.41, 5.74) is 0.802. The Morgan fingerprint density at radius 1 is 1.44 bits per heavy atom. The molecule has 1 aliphatic heterocycles. The molecule has 0 saturated carbocycles. The van der Waals surface area contributed by atoms with Gasteiger partial charge in [0.1, 0.15) is 0 Å². The van der Waals surface area contributed by atoms with E-state index in [1.165, 1.54) is 19.3 Å². The molecule has 2 nitrogen and oxygen atoms in total. The van der Waals surface area contributed by atoms with Gasteiger partial charge in [0.2, 0.25) is 0 Å². The van der Waals surface area contributed by atoms with E-state index in [1.807, 2.05) is 24.3 Å². The maximum absolute atomic E-state index is 12.3. The van der Waals surface area contributed by atoms with Gasteiger partial charge < -0.3 is 0 Å². The van der Waals surface area contributed by atoms with Crippen molar-refractivity contribution in [3.63, 3.8) is 0 Å². The van der Waals surface area contributed by atoms with E-state index < -0.39 is 0 Å². The lowest BCUT2D eigenvalue weighted by Gasteiger charge is -2.31. The molecule has 18 heavy (non-hydrogen) atoms. The quantitative estimate of drug-likeness (QED) is 0.789. The number of Topliss-reactive ketones (excluding diaryl/α,β-unsaturated/α-hetero) is 1. The Hall–Kier alpha value is -0.670. The van der Waals surface area contributed by atoms with E-state index in [-0.39, 0.29) is 5.78 Å². The second-order valence-electron chi connectivity index (χ2n) is 5.05. The smallest absolute Gasteiger partial charge is 0.177 e. The highest BCUT2D eigenvalue weighted by Crippen LogP contribution is 2.21. The zero-order valence-electron chi connectivity index (χ0n) is 10.9. The third-order valence-corrected chi connectivity index (χ3v) is 4.41. The Morgan fingerprint density at radius 2 is 2.22 bits per heavy atom. The molecule has 0 amide bonds. The molecule has 1 aliphatic rings. The number of hydrogen-bond acceptors (Lipinski definition) is 2. The van der Waals surface area contributed by atoms with Gasteiger partial charge in [0, 0.05) is 16.6 Å². The molecule has 1 aromatic rings. The predicted molar refractivity (Wildman–Crippen MR) is 77.9 cm³/mol. The molecule has 0 spiro atoms. The normalized spacial score (nSPS) is 20.9. The number of benzene rings is 1. The van der Waals surface area contributed by atoms with E-state index in [4.69, 9.17) is 0 Å². The topological polar surface area (TPSA) is 20.3 Å².